The summed E-state index contributed by atoms with van der Waals surface area (Å²) in [6.07, 6.45) is 0. The Morgan fingerprint density at radius 2 is 2.08 bits per heavy atom. The molecule has 7 nitrogen and oxygen atoms in total. The van der Waals surface area contributed by atoms with Gasteiger partial charge < -0.3 is 14.0 Å². The zero-order valence-corrected chi connectivity index (χ0v) is 15.0. The monoisotopic (exact) mass is 396 g/mol. The van der Waals surface area contributed by atoms with E-state index in [0.717, 1.165) is 5.69 Å². The van der Waals surface area contributed by atoms with Crippen LogP contribution in [-0.4, -0.2) is 30.7 Å². The van der Waals surface area contributed by atoms with Gasteiger partial charge in [0, 0.05) is 6.07 Å². The summed E-state index contributed by atoms with van der Waals surface area (Å²) in [6, 6.07) is 6.36. The van der Waals surface area contributed by atoms with Crippen LogP contribution in [0.4, 0.5) is 5.88 Å². The molecule has 0 fully saturated rings. The number of halogens is 1. The number of nitrogens with zero attached hydrogens (tertiary/aromatic N) is 1. The second-order valence-corrected chi connectivity index (χ2v) is 6.10. The van der Waals surface area contributed by atoms with Gasteiger partial charge in [-0.2, -0.15) is 0 Å². The molecular weight excluding hydrogens is 380 g/mol. The molecule has 1 heterocycles. The molecule has 2 rings (SSSR count). The van der Waals surface area contributed by atoms with E-state index in [1.807, 2.05) is 13.8 Å². The van der Waals surface area contributed by atoms with Gasteiger partial charge in [-0.1, -0.05) is 19.0 Å². The van der Waals surface area contributed by atoms with Gasteiger partial charge in [-0.25, -0.2) is 4.79 Å². The SMILES string of the molecule is COC(=O)c1ccc(OCC(=O)Nc2cc(C(C)C)no2)c(Br)c1. The number of anilines is 1. The third kappa shape index (κ3) is 4.58. The molecule has 0 spiro atoms. The minimum Gasteiger partial charge on any atom is -0.483 e. The second kappa shape index (κ2) is 7.96. The predicted molar refractivity (Wildman–Crippen MR) is 90.2 cm³/mol. The van der Waals surface area contributed by atoms with Gasteiger partial charge in [0.1, 0.15) is 5.75 Å². The maximum atomic E-state index is 11.9. The number of hydrogen-bond acceptors (Lipinski definition) is 6. The smallest absolute Gasteiger partial charge is 0.337 e. The van der Waals surface area contributed by atoms with Gasteiger partial charge in [-0.05, 0) is 40.0 Å². The van der Waals surface area contributed by atoms with Gasteiger partial charge in [-0.3, -0.25) is 10.1 Å². The highest BCUT2D eigenvalue weighted by Gasteiger charge is 2.13. The lowest BCUT2D eigenvalue weighted by molar-refractivity contribution is -0.118. The summed E-state index contributed by atoms with van der Waals surface area (Å²) >= 11 is 3.29. The summed E-state index contributed by atoms with van der Waals surface area (Å²) in [5.74, 6) is 0.0715. The molecular formula is C16H17BrN2O5. The molecule has 0 atom stereocenters. The molecule has 128 valence electrons. The Morgan fingerprint density at radius 1 is 1.33 bits per heavy atom. The fraction of sp³-hybridized carbons (Fsp3) is 0.312. The first-order valence-corrected chi connectivity index (χ1v) is 7.97. The number of hydrogen-bond donors (Lipinski definition) is 1. The molecule has 1 aromatic carbocycles. The first kappa shape index (κ1) is 18.0. The van der Waals surface area contributed by atoms with Crippen LogP contribution in [0.15, 0.2) is 33.3 Å². The van der Waals surface area contributed by atoms with Crippen molar-refractivity contribution in [2.75, 3.05) is 19.0 Å². The standard InChI is InChI=1S/C16H17BrN2O5/c1-9(2)12-7-15(24-19-12)18-14(20)8-23-13-5-4-10(6-11(13)17)16(21)22-3/h4-7,9H,8H2,1-3H3,(H,18,20). The number of nitrogens with one attached hydrogen (secondary N) is 1. The fourth-order valence-corrected chi connectivity index (χ4v) is 2.29. The van der Waals surface area contributed by atoms with Crippen molar-refractivity contribution >= 4 is 33.7 Å². The molecule has 0 radical (unpaired) electrons. The van der Waals surface area contributed by atoms with Crippen molar-refractivity contribution in [3.63, 3.8) is 0 Å². The van der Waals surface area contributed by atoms with E-state index in [-0.39, 0.29) is 24.3 Å². The third-order valence-electron chi connectivity index (χ3n) is 3.09. The van der Waals surface area contributed by atoms with Gasteiger partial charge in [0.2, 0.25) is 5.88 Å². The molecule has 8 heteroatoms. The van der Waals surface area contributed by atoms with Crippen molar-refractivity contribution in [1.82, 2.24) is 5.16 Å². The average molecular weight is 397 g/mol. The Morgan fingerprint density at radius 3 is 2.67 bits per heavy atom. The van der Waals surface area contributed by atoms with Crippen LogP contribution < -0.4 is 10.1 Å². The number of carbonyl (C=O) groups is 2. The molecule has 1 N–H and O–H groups in total. The summed E-state index contributed by atoms with van der Waals surface area (Å²) in [5, 5.41) is 6.42. The molecule has 0 saturated heterocycles. The normalized spacial score (nSPS) is 10.5. The Labute approximate surface area is 147 Å². The molecule has 0 bridgehead atoms. The minimum atomic E-state index is -0.453. The van der Waals surface area contributed by atoms with Crippen LogP contribution in [0.25, 0.3) is 0 Å². The number of aromatic nitrogens is 1. The Bertz CT molecular complexity index is 742. The molecule has 0 aliphatic rings. The highest BCUT2D eigenvalue weighted by atomic mass is 79.9. The lowest BCUT2D eigenvalue weighted by atomic mass is 10.1. The van der Waals surface area contributed by atoms with Gasteiger partial charge in [-0.15, -0.1) is 0 Å². The number of methoxy groups -OCH3 is 1. The van der Waals surface area contributed by atoms with Crippen LogP contribution in [0.5, 0.6) is 5.75 Å². The largest absolute Gasteiger partial charge is 0.483 e. The van der Waals surface area contributed by atoms with Crippen molar-refractivity contribution in [1.29, 1.82) is 0 Å². The van der Waals surface area contributed by atoms with Crippen molar-refractivity contribution in [2.24, 2.45) is 0 Å². The van der Waals surface area contributed by atoms with Crippen LogP contribution in [0.3, 0.4) is 0 Å². The van der Waals surface area contributed by atoms with E-state index in [1.54, 1.807) is 24.3 Å². The lowest BCUT2D eigenvalue weighted by Gasteiger charge is -2.08. The Kier molecular flexibility index (Phi) is 5.97. The van der Waals surface area contributed by atoms with Crippen molar-refractivity contribution in [2.45, 2.75) is 19.8 Å². The summed E-state index contributed by atoms with van der Waals surface area (Å²) in [6.45, 7) is 3.73. The Hall–Kier alpha value is -2.35. The third-order valence-corrected chi connectivity index (χ3v) is 3.71. The van der Waals surface area contributed by atoms with Crippen LogP contribution in [0, 0.1) is 0 Å². The molecule has 0 saturated carbocycles. The fourth-order valence-electron chi connectivity index (χ4n) is 1.80. The summed E-state index contributed by atoms with van der Waals surface area (Å²) in [7, 11) is 1.30. The van der Waals surface area contributed by atoms with Crippen LogP contribution in [-0.2, 0) is 9.53 Å². The van der Waals surface area contributed by atoms with Crippen molar-refractivity contribution in [3.8, 4) is 5.75 Å². The van der Waals surface area contributed by atoms with E-state index in [2.05, 4.69) is 31.1 Å². The topological polar surface area (TPSA) is 90.7 Å². The summed E-state index contributed by atoms with van der Waals surface area (Å²) in [5.41, 5.74) is 1.14. The number of amides is 1. The molecule has 2 aromatic rings. The maximum Gasteiger partial charge on any atom is 0.337 e. The molecule has 24 heavy (non-hydrogen) atoms. The van der Waals surface area contributed by atoms with E-state index in [9.17, 15) is 9.59 Å². The van der Waals surface area contributed by atoms with Crippen molar-refractivity contribution < 1.29 is 23.6 Å². The van der Waals surface area contributed by atoms with Gasteiger partial charge >= 0.3 is 5.97 Å². The predicted octanol–water partition coefficient (Wildman–Crippen LogP) is 3.36. The van der Waals surface area contributed by atoms with E-state index >= 15 is 0 Å². The van der Waals surface area contributed by atoms with Crippen molar-refractivity contribution in [3.05, 3.63) is 40.0 Å². The van der Waals surface area contributed by atoms with E-state index in [1.165, 1.54) is 7.11 Å². The van der Waals surface area contributed by atoms with E-state index in [4.69, 9.17) is 9.26 Å². The maximum absolute atomic E-state index is 11.9. The molecule has 0 aliphatic heterocycles. The summed E-state index contributed by atoms with van der Waals surface area (Å²) < 4.78 is 15.6. The van der Waals surface area contributed by atoms with E-state index < -0.39 is 5.97 Å². The molecule has 1 amide bonds. The zero-order chi connectivity index (χ0) is 17.7. The van der Waals surface area contributed by atoms with Gasteiger partial charge in [0.05, 0.1) is 22.8 Å². The van der Waals surface area contributed by atoms with Crippen LogP contribution in [0.2, 0.25) is 0 Å². The average Bonchev–Trinajstić information content (AvgIpc) is 3.01. The minimum absolute atomic E-state index is 0.208. The summed E-state index contributed by atoms with van der Waals surface area (Å²) in [4.78, 5) is 23.3. The lowest BCUT2D eigenvalue weighted by Crippen LogP contribution is -2.20. The number of rotatable bonds is 6. The van der Waals surface area contributed by atoms with Gasteiger partial charge in [0.15, 0.2) is 6.61 Å². The van der Waals surface area contributed by atoms with Crippen LogP contribution >= 0.6 is 15.9 Å². The number of carbonyl (C=O) groups excluding carboxylic acids is 2. The second-order valence-electron chi connectivity index (χ2n) is 5.24. The Balaban J connectivity index is 1.92. The number of esters is 1. The quantitative estimate of drug-likeness (QED) is 0.752. The highest BCUT2D eigenvalue weighted by molar-refractivity contribution is 9.10. The number of benzene rings is 1. The van der Waals surface area contributed by atoms with Crippen LogP contribution in [0.1, 0.15) is 35.8 Å². The molecule has 0 unspecified atom stereocenters. The zero-order valence-electron chi connectivity index (χ0n) is 13.5. The first-order valence-electron chi connectivity index (χ1n) is 7.18. The molecule has 1 aromatic heterocycles. The van der Waals surface area contributed by atoms with Gasteiger partial charge in [0.25, 0.3) is 5.91 Å². The van der Waals surface area contributed by atoms with E-state index in [0.29, 0.717) is 15.8 Å². The first-order chi connectivity index (χ1) is 11.4. The highest BCUT2D eigenvalue weighted by Crippen LogP contribution is 2.26. The molecule has 0 aliphatic carbocycles. The number of ether oxygens (including phenoxy) is 2.